The molecule has 0 fully saturated rings. The number of benzene rings is 2. The molecule has 1 amide bonds. The third-order valence-electron chi connectivity index (χ3n) is 4.09. The summed E-state index contributed by atoms with van der Waals surface area (Å²) in [4.78, 5) is 35.6. The molecule has 0 aliphatic carbocycles. The first-order valence-corrected chi connectivity index (χ1v) is 7.82. The van der Waals surface area contributed by atoms with Gasteiger partial charge in [-0.15, -0.1) is 0 Å². The van der Waals surface area contributed by atoms with Crippen LogP contribution in [0.5, 0.6) is 0 Å². The van der Waals surface area contributed by atoms with Gasteiger partial charge >= 0.3 is 5.97 Å². The number of ketones is 1. The Bertz CT molecular complexity index is 862. The topological polar surface area (TPSA) is 72.5 Å². The van der Waals surface area contributed by atoms with Gasteiger partial charge in [0.2, 0.25) is 5.91 Å². The van der Waals surface area contributed by atoms with Gasteiger partial charge in [-0.1, -0.05) is 12.1 Å². The van der Waals surface area contributed by atoms with E-state index in [2.05, 4.69) is 5.32 Å². The summed E-state index contributed by atoms with van der Waals surface area (Å²) in [5.41, 5.74) is 2.30. The van der Waals surface area contributed by atoms with Crippen molar-refractivity contribution in [3.63, 3.8) is 0 Å². The number of halogens is 1. The number of carbonyl (C=O) groups excluding carboxylic acids is 3. The quantitative estimate of drug-likeness (QED) is 0.670. The molecule has 0 saturated heterocycles. The number of fused-ring (bicyclic) bond motifs is 1. The van der Waals surface area contributed by atoms with Crippen molar-refractivity contribution in [2.75, 3.05) is 11.9 Å². The minimum Gasteiger partial charge on any atom is -0.457 e. The van der Waals surface area contributed by atoms with Crippen LogP contribution in [0.4, 0.5) is 10.1 Å². The SMILES string of the molecule is C[C@@H]1C(=O)Nc2ccc(C(=O)COC(=O)Cc3cccc(F)c3)cc21. The predicted molar refractivity (Wildman–Crippen MR) is 88.9 cm³/mol. The number of Topliss-reactive ketones (excluding diaryl/α,β-unsaturated/α-hetero) is 1. The monoisotopic (exact) mass is 341 g/mol. The van der Waals surface area contributed by atoms with E-state index < -0.39 is 18.4 Å². The molecule has 0 bridgehead atoms. The molecule has 1 atom stereocenters. The summed E-state index contributed by atoms with van der Waals surface area (Å²) < 4.78 is 18.1. The van der Waals surface area contributed by atoms with Gasteiger partial charge in [-0.25, -0.2) is 4.39 Å². The summed E-state index contributed by atoms with van der Waals surface area (Å²) in [5, 5.41) is 2.73. The molecular weight excluding hydrogens is 325 g/mol. The first-order chi connectivity index (χ1) is 11.9. The summed E-state index contributed by atoms with van der Waals surface area (Å²) in [6.45, 7) is 1.36. The van der Waals surface area contributed by atoms with E-state index in [1.54, 1.807) is 31.2 Å². The molecule has 128 valence electrons. The van der Waals surface area contributed by atoms with Gasteiger partial charge in [0, 0.05) is 11.3 Å². The number of amides is 1. The molecule has 2 aromatic carbocycles. The highest BCUT2D eigenvalue weighted by Gasteiger charge is 2.27. The Morgan fingerprint density at radius 1 is 1.20 bits per heavy atom. The molecule has 25 heavy (non-hydrogen) atoms. The van der Waals surface area contributed by atoms with Gasteiger partial charge in [0.25, 0.3) is 0 Å². The van der Waals surface area contributed by atoms with Crippen LogP contribution in [0.3, 0.4) is 0 Å². The van der Waals surface area contributed by atoms with Crippen molar-refractivity contribution in [3.8, 4) is 0 Å². The van der Waals surface area contributed by atoms with Crippen LogP contribution < -0.4 is 5.32 Å². The fourth-order valence-corrected chi connectivity index (χ4v) is 2.68. The zero-order valence-corrected chi connectivity index (χ0v) is 13.5. The smallest absolute Gasteiger partial charge is 0.310 e. The second-order valence-corrected chi connectivity index (χ2v) is 5.90. The Balaban J connectivity index is 1.60. The van der Waals surface area contributed by atoms with E-state index in [1.165, 1.54) is 18.2 Å². The first kappa shape index (κ1) is 16.8. The van der Waals surface area contributed by atoms with Crippen molar-refractivity contribution in [2.24, 2.45) is 0 Å². The average Bonchev–Trinajstić information content (AvgIpc) is 2.87. The number of ether oxygens (including phenoxy) is 1. The second kappa shape index (κ2) is 6.84. The highest BCUT2D eigenvalue weighted by atomic mass is 19.1. The van der Waals surface area contributed by atoms with Crippen molar-refractivity contribution >= 4 is 23.3 Å². The van der Waals surface area contributed by atoms with Gasteiger partial charge in [-0.3, -0.25) is 14.4 Å². The van der Waals surface area contributed by atoms with Gasteiger partial charge in [0.15, 0.2) is 12.4 Å². The van der Waals surface area contributed by atoms with E-state index in [0.29, 0.717) is 16.8 Å². The third kappa shape index (κ3) is 3.74. The largest absolute Gasteiger partial charge is 0.457 e. The number of anilines is 1. The Morgan fingerprint density at radius 2 is 2.00 bits per heavy atom. The Hall–Kier alpha value is -3.02. The number of hydrogen-bond donors (Lipinski definition) is 1. The minimum atomic E-state index is -0.606. The zero-order valence-electron chi connectivity index (χ0n) is 13.5. The van der Waals surface area contributed by atoms with Gasteiger partial charge in [-0.2, -0.15) is 0 Å². The normalized spacial score (nSPS) is 15.4. The minimum absolute atomic E-state index is 0.106. The van der Waals surface area contributed by atoms with E-state index in [-0.39, 0.29) is 24.0 Å². The van der Waals surface area contributed by atoms with Crippen LogP contribution in [0.2, 0.25) is 0 Å². The van der Waals surface area contributed by atoms with Gasteiger partial charge in [0.1, 0.15) is 5.82 Å². The lowest BCUT2D eigenvalue weighted by Gasteiger charge is -2.07. The van der Waals surface area contributed by atoms with Gasteiger partial charge in [-0.05, 0) is 48.4 Å². The number of hydrogen-bond acceptors (Lipinski definition) is 4. The lowest BCUT2D eigenvalue weighted by molar-refractivity contribution is -0.141. The highest BCUT2D eigenvalue weighted by molar-refractivity contribution is 6.05. The van der Waals surface area contributed by atoms with Crippen molar-refractivity contribution in [2.45, 2.75) is 19.3 Å². The van der Waals surface area contributed by atoms with E-state index >= 15 is 0 Å². The Labute approximate surface area is 143 Å². The standard InChI is InChI=1S/C19H16FNO4/c1-11-15-9-13(5-6-16(15)21-19(11)24)17(22)10-25-18(23)8-12-3-2-4-14(20)7-12/h2-7,9,11H,8,10H2,1H3,(H,21,24)/t11-/m0/s1. The molecule has 0 aromatic heterocycles. The Kier molecular flexibility index (Phi) is 4.61. The van der Waals surface area contributed by atoms with Crippen LogP contribution in [0, 0.1) is 5.82 Å². The van der Waals surface area contributed by atoms with Gasteiger partial charge < -0.3 is 10.1 Å². The molecule has 0 unspecified atom stereocenters. The molecule has 1 aliphatic heterocycles. The fourth-order valence-electron chi connectivity index (χ4n) is 2.68. The lowest BCUT2D eigenvalue weighted by atomic mass is 9.99. The highest BCUT2D eigenvalue weighted by Crippen LogP contribution is 2.32. The molecule has 5 nitrogen and oxygen atoms in total. The third-order valence-corrected chi connectivity index (χ3v) is 4.09. The summed E-state index contributed by atoms with van der Waals surface area (Å²) in [6, 6.07) is 10.5. The molecule has 2 aromatic rings. The summed E-state index contributed by atoms with van der Waals surface area (Å²) in [7, 11) is 0. The van der Waals surface area contributed by atoms with Crippen LogP contribution >= 0.6 is 0 Å². The maximum Gasteiger partial charge on any atom is 0.310 e. The van der Waals surface area contributed by atoms with Crippen LogP contribution in [0.25, 0.3) is 0 Å². The van der Waals surface area contributed by atoms with Gasteiger partial charge in [0.05, 0.1) is 12.3 Å². The molecule has 0 spiro atoms. The fraction of sp³-hybridized carbons (Fsp3) is 0.211. The Morgan fingerprint density at radius 3 is 2.76 bits per heavy atom. The van der Waals surface area contributed by atoms with Crippen molar-refractivity contribution in [1.29, 1.82) is 0 Å². The molecule has 1 aliphatic rings. The second-order valence-electron chi connectivity index (χ2n) is 5.90. The molecule has 1 N–H and O–H groups in total. The van der Waals surface area contributed by atoms with Crippen molar-refractivity contribution in [3.05, 3.63) is 65.0 Å². The number of nitrogens with one attached hydrogen (secondary N) is 1. The maximum atomic E-state index is 13.1. The zero-order chi connectivity index (χ0) is 18.0. The number of rotatable bonds is 5. The molecule has 0 saturated carbocycles. The molecule has 6 heteroatoms. The van der Waals surface area contributed by atoms with Crippen molar-refractivity contribution in [1.82, 2.24) is 0 Å². The summed E-state index contributed by atoms with van der Waals surface area (Å²) in [5.74, 6) is -1.83. The van der Waals surface area contributed by atoms with Crippen LogP contribution in [-0.2, 0) is 20.7 Å². The van der Waals surface area contributed by atoms with Crippen molar-refractivity contribution < 1.29 is 23.5 Å². The first-order valence-electron chi connectivity index (χ1n) is 7.82. The number of carbonyl (C=O) groups is 3. The van der Waals surface area contributed by atoms with E-state index in [9.17, 15) is 18.8 Å². The number of esters is 1. The van der Waals surface area contributed by atoms with Crippen LogP contribution in [-0.4, -0.2) is 24.3 Å². The molecule has 1 heterocycles. The maximum absolute atomic E-state index is 13.1. The lowest BCUT2D eigenvalue weighted by Crippen LogP contribution is -2.16. The predicted octanol–water partition coefficient (Wildman–Crippen LogP) is 2.85. The van der Waals surface area contributed by atoms with Crippen LogP contribution in [0.1, 0.15) is 34.3 Å². The average molecular weight is 341 g/mol. The van der Waals surface area contributed by atoms with E-state index in [4.69, 9.17) is 4.74 Å². The molecular formula is C19H16FNO4. The van der Waals surface area contributed by atoms with E-state index in [1.807, 2.05) is 0 Å². The molecule has 0 radical (unpaired) electrons. The summed E-state index contributed by atoms with van der Waals surface area (Å²) >= 11 is 0. The summed E-state index contributed by atoms with van der Waals surface area (Å²) in [6.07, 6.45) is -0.106. The van der Waals surface area contributed by atoms with E-state index in [0.717, 1.165) is 5.56 Å². The van der Waals surface area contributed by atoms with Crippen LogP contribution in [0.15, 0.2) is 42.5 Å². The molecule has 3 rings (SSSR count).